The summed E-state index contributed by atoms with van der Waals surface area (Å²) in [5, 5.41) is 3.93. The maximum absolute atomic E-state index is 5.90. The molecule has 2 aromatic carbocycles. The van der Waals surface area contributed by atoms with Gasteiger partial charge in [0.2, 0.25) is 0 Å². The van der Waals surface area contributed by atoms with Gasteiger partial charge in [-0.2, -0.15) is 0 Å². The van der Waals surface area contributed by atoms with E-state index in [4.69, 9.17) is 16.3 Å². The summed E-state index contributed by atoms with van der Waals surface area (Å²) in [5.41, 5.74) is 2.47. The molecule has 106 valence electrons. The van der Waals surface area contributed by atoms with E-state index in [1.807, 2.05) is 37.4 Å². The highest BCUT2D eigenvalue weighted by atomic mass is 35.5. The number of rotatable bonds is 6. The van der Waals surface area contributed by atoms with Crippen molar-refractivity contribution in [3.8, 4) is 5.75 Å². The predicted octanol–water partition coefficient (Wildman–Crippen LogP) is 4.36. The highest BCUT2D eigenvalue weighted by Gasteiger charge is 2.05. The van der Waals surface area contributed by atoms with E-state index in [0.29, 0.717) is 0 Å². The zero-order chi connectivity index (χ0) is 14.4. The lowest BCUT2D eigenvalue weighted by molar-refractivity contribution is 0.411. The van der Waals surface area contributed by atoms with Gasteiger partial charge in [-0.05, 0) is 49.0 Å². The standard InChI is InChI=1S/C16H18ClNOS/c1-18-10-12-3-8-16(19-2)13(9-12)11-20-15-6-4-14(17)5-7-15/h3-9,18H,10-11H2,1-2H3. The van der Waals surface area contributed by atoms with Crippen molar-refractivity contribution in [3.63, 3.8) is 0 Å². The summed E-state index contributed by atoms with van der Waals surface area (Å²) in [6, 6.07) is 14.2. The van der Waals surface area contributed by atoms with E-state index >= 15 is 0 Å². The SMILES string of the molecule is CNCc1ccc(OC)c(CSc2ccc(Cl)cc2)c1. The Morgan fingerprint density at radius 3 is 2.55 bits per heavy atom. The highest BCUT2D eigenvalue weighted by Crippen LogP contribution is 2.29. The lowest BCUT2D eigenvalue weighted by Crippen LogP contribution is -2.05. The van der Waals surface area contributed by atoms with Gasteiger partial charge in [-0.1, -0.05) is 17.7 Å². The van der Waals surface area contributed by atoms with Crippen molar-refractivity contribution < 1.29 is 4.74 Å². The van der Waals surface area contributed by atoms with E-state index in [1.165, 1.54) is 16.0 Å². The monoisotopic (exact) mass is 307 g/mol. The molecule has 0 bridgehead atoms. The van der Waals surface area contributed by atoms with Crippen LogP contribution in [0.1, 0.15) is 11.1 Å². The van der Waals surface area contributed by atoms with Gasteiger partial charge in [-0.25, -0.2) is 0 Å². The van der Waals surface area contributed by atoms with Crippen molar-refractivity contribution in [2.75, 3.05) is 14.2 Å². The van der Waals surface area contributed by atoms with Crippen molar-refractivity contribution in [1.82, 2.24) is 5.32 Å². The molecule has 2 aromatic rings. The zero-order valence-corrected chi connectivity index (χ0v) is 13.2. The van der Waals surface area contributed by atoms with E-state index in [9.17, 15) is 0 Å². The van der Waals surface area contributed by atoms with Crippen LogP contribution in [0.25, 0.3) is 0 Å². The van der Waals surface area contributed by atoms with Crippen LogP contribution in [0.5, 0.6) is 5.75 Å². The number of methoxy groups -OCH3 is 1. The Labute approximate surface area is 129 Å². The first kappa shape index (κ1) is 15.2. The number of thioether (sulfide) groups is 1. The van der Waals surface area contributed by atoms with Gasteiger partial charge in [0.1, 0.15) is 5.75 Å². The van der Waals surface area contributed by atoms with Crippen LogP contribution < -0.4 is 10.1 Å². The minimum absolute atomic E-state index is 0.767. The first-order valence-corrected chi connectivity index (χ1v) is 7.78. The Kier molecular flexibility index (Phi) is 5.77. The van der Waals surface area contributed by atoms with Crippen molar-refractivity contribution in [1.29, 1.82) is 0 Å². The van der Waals surface area contributed by atoms with E-state index in [1.54, 1.807) is 18.9 Å². The fourth-order valence-corrected chi connectivity index (χ4v) is 2.95. The van der Waals surface area contributed by atoms with Gasteiger partial charge in [0, 0.05) is 27.8 Å². The summed E-state index contributed by atoms with van der Waals surface area (Å²) in [6.07, 6.45) is 0. The van der Waals surface area contributed by atoms with Crippen LogP contribution in [0.3, 0.4) is 0 Å². The maximum atomic E-state index is 5.90. The number of ether oxygens (including phenoxy) is 1. The molecule has 0 saturated heterocycles. The summed E-state index contributed by atoms with van der Waals surface area (Å²) < 4.78 is 5.43. The second-order valence-electron chi connectivity index (χ2n) is 4.42. The van der Waals surface area contributed by atoms with E-state index in [2.05, 4.69) is 17.4 Å². The molecule has 0 fully saturated rings. The molecule has 0 saturated carbocycles. The molecule has 2 rings (SSSR count). The second-order valence-corrected chi connectivity index (χ2v) is 5.90. The molecule has 0 spiro atoms. The van der Waals surface area contributed by atoms with Crippen LogP contribution >= 0.6 is 23.4 Å². The van der Waals surface area contributed by atoms with Crippen molar-refractivity contribution in [2.24, 2.45) is 0 Å². The van der Waals surface area contributed by atoms with Gasteiger partial charge in [0.25, 0.3) is 0 Å². The predicted molar refractivity (Wildman–Crippen MR) is 86.8 cm³/mol. The van der Waals surface area contributed by atoms with E-state index < -0.39 is 0 Å². The Morgan fingerprint density at radius 2 is 1.90 bits per heavy atom. The summed E-state index contributed by atoms with van der Waals surface area (Å²) in [4.78, 5) is 1.20. The lowest BCUT2D eigenvalue weighted by atomic mass is 10.1. The molecule has 0 amide bonds. The molecule has 0 heterocycles. The third-order valence-electron chi connectivity index (χ3n) is 2.93. The van der Waals surface area contributed by atoms with Gasteiger partial charge in [-0.15, -0.1) is 11.8 Å². The van der Waals surface area contributed by atoms with Gasteiger partial charge >= 0.3 is 0 Å². The Balaban J connectivity index is 2.10. The van der Waals surface area contributed by atoms with Crippen molar-refractivity contribution >= 4 is 23.4 Å². The molecule has 1 N–H and O–H groups in total. The molecular weight excluding hydrogens is 290 g/mol. The van der Waals surface area contributed by atoms with Crippen LogP contribution in [-0.4, -0.2) is 14.2 Å². The second kappa shape index (κ2) is 7.58. The normalized spacial score (nSPS) is 10.6. The average molecular weight is 308 g/mol. The summed E-state index contributed by atoms with van der Waals surface area (Å²) in [6.45, 7) is 0.864. The molecule has 0 radical (unpaired) electrons. The molecular formula is C16H18ClNOS. The molecule has 4 heteroatoms. The molecule has 0 atom stereocenters. The molecule has 0 aromatic heterocycles. The number of benzene rings is 2. The van der Waals surface area contributed by atoms with Crippen LogP contribution in [-0.2, 0) is 12.3 Å². The summed E-state index contributed by atoms with van der Waals surface area (Å²) in [5.74, 6) is 1.81. The minimum atomic E-state index is 0.767. The third kappa shape index (κ3) is 4.17. The van der Waals surface area contributed by atoms with Gasteiger partial charge < -0.3 is 10.1 Å². The molecule has 2 nitrogen and oxygen atoms in total. The van der Waals surface area contributed by atoms with Crippen LogP contribution in [0.2, 0.25) is 5.02 Å². The number of halogens is 1. The van der Waals surface area contributed by atoms with Gasteiger partial charge in [0.15, 0.2) is 0 Å². The molecule has 0 unspecified atom stereocenters. The average Bonchev–Trinajstić information content (AvgIpc) is 2.47. The Hall–Kier alpha value is -1.16. The molecule has 0 aliphatic heterocycles. The number of hydrogen-bond acceptors (Lipinski definition) is 3. The minimum Gasteiger partial charge on any atom is -0.496 e. The lowest BCUT2D eigenvalue weighted by Gasteiger charge is -2.11. The zero-order valence-electron chi connectivity index (χ0n) is 11.7. The highest BCUT2D eigenvalue weighted by molar-refractivity contribution is 7.98. The van der Waals surface area contributed by atoms with E-state index in [0.717, 1.165) is 23.1 Å². The van der Waals surface area contributed by atoms with Gasteiger partial charge in [-0.3, -0.25) is 0 Å². The maximum Gasteiger partial charge on any atom is 0.122 e. The molecule has 0 aliphatic rings. The molecule has 0 aliphatic carbocycles. The van der Waals surface area contributed by atoms with E-state index in [-0.39, 0.29) is 0 Å². The van der Waals surface area contributed by atoms with Crippen LogP contribution in [0.4, 0.5) is 0 Å². The fourth-order valence-electron chi connectivity index (χ4n) is 1.95. The largest absolute Gasteiger partial charge is 0.496 e. The quantitative estimate of drug-likeness (QED) is 0.801. The first-order chi connectivity index (χ1) is 9.72. The Bertz CT molecular complexity index is 557. The van der Waals surface area contributed by atoms with Gasteiger partial charge in [0.05, 0.1) is 7.11 Å². The number of nitrogens with one attached hydrogen (secondary N) is 1. The molecule has 20 heavy (non-hydrogen) atoms. The summed E-state index contributed by atoms with van der Waals surface area (Å²) >= 11 is 7.68. The van der Waals surface area contributed by atoms with Crippen LogP contribution in [0.15, 0.2) is 47.4 Å². The summed E-state index contributed by atoms with van der Waals surface area (Å²) in [7, 11) is 3.66. The topological polar surface area (TPSA) is 21.3 Å². The fraction of sp³-hybridized carbons (Fsp3) is 0.250. The third-order valence-corrected chi connectivity index (χ3v) is 4.25. The van der Waals surface area contributed by atoms with Crippen LogP contribution in [0, 0.1) is 0 Å². The van der Waals surface area contributed by atoms with Crippen molar-refractivity contribution in [3.05, 3.63) is 58.6 Å². The van der Waals surface area contributed by atoms with Crippen molar-refractivity contribution in [2.45, 2.75) is 17.2 Å². The number of hydrogen-bond donors (Lipinski definition) is 1. The first-order valence-electron chi connectivity index (χ1n) is 6.41. The smallest absolute Gasteiger partial charge is 0.122 e. The Morgan fingerprint density at radius 1 is 1.15 bits per heavy atom.